The molecule has 0 aliphatic carbocycles. The molecule has 0 fully saturated rings. The van der Waals surface area contributed by atoms with Crippen LogP contribution >= 0.6 is 0 Å². The van der Waals surface area contributed by atoms with Gasteiger partial charge in [-0.15, -0.1) is 0 Å². The second-order valence-electron chi connectivity index (χ2n) is 3.90. The summed E-state index contributed by atoms with van der Waals surface area (Å²) in [5, 5.41) is 10.7. The third kappa shape index (κ3) is 3.52. The molecule has 0 N–H and O–H groups in total. The Balaban J connectivity index is 0. The van der Waals surface area contributed by atoms with Crippen LogP contribution in [0, 0.1) is 0 Å². The van der Waals surface area contributed by atoms with Crippen LogP contribution in [0.4, 0.5) is 65.9 Å². The van der Waals surface area contributed by atoms with E-state index in [1.807, 2.05) is 0 Å². The first-order chi connectivity index (χ1) is 9.50. The molecule has 0 spiro atoms. The molecule has 17 heteroatoms. The van der Waals surface area contributed by atoms with Crippen molar-refractivity contribution in [3.8, 4) is 0 Å². The predicted octanol–water partition coefficient (Wildman–Crippen LogP) is 0.682. The van der Waals surface area contributed by atoms with Gasteiger partial charge in [0.05, 0.1) is 0 Å². The SMILES string of the molecule is [K+].[O-]C(C(F)(F)C(F)(F)F)(C(F)(F)C(F)(F)F)C(F)(F)C(F)(F)F. The van der Waals surface area contributed by atoms with Crippen LogP contribution in [-0.4, -0.2) is 41.9 Å². The van der Waals surface area contributed by atoms with E-state index in [2.05, 4.69) is 0 Å². The number of rotatable bonds is 3. The second kappa shape index (κ2) is 6.61. The fourth-order valence-corrected chi connectivity index (χ4v) is 1.19. The summed E-state index contributed by atoms with van der Waals surface area (Å²) in [5.41, 5.74) is -8.48. The normalized spacial score (nSPS) is 16.0. The van der Waals surface area contributed by atoms with Crippen molar-refractivity contribution in [2.45, 2.75) is 41.9 Å². The van der Waals surface area contributed by atoms with Gasteiger partial charge >= 0.3 is 87.7 Å². The minimum absolute atomic E-state index is 0. The molecule has 0 radical (unpaired) electrons. The van der Waals surface area contributed by atoms with E-state index in [0.29, 0.717) is 0 Å². The fourth-order valence-electron chi connectivity index (χ4n) is 1.19. The molecule has 0 aromatic heterocycles. The molecule has 0 saturated carbocycles. The summed E-state index contributed by atoms with van der Waals surface area (Å²) in [6.45, 7) is 0. The number of halogens is 15. The van der Waals surface area contributed by atoms with Crippen molar-refractivity contribution >= 4 is 0 Å². The van der Waals surface area contributed by atoms with Crippen LogP contribution < -0.4 is 56.5 Å². The molecule has 0 aromatic carbocycles. The molecule has 0 heterocycles. The molecule has 0 aliphatic heterocycles. The van der Waals surface area contributed by atoms with E-state index in [-0.39, 0.29) is 51.4 Å². The third-order valence-electron chi connectivity index (χ3n) is 2.39. The topological polar surface area (TPSA) is 23.1 Å². The van der Waals surface area contributed by atoms with E-state index >= 15 is 0 Å². The van der Waals surface area contributed by atoms with Gasteiger partial charge in [0, 0.05) is 0 Å². The summed E-state index contributed by atoms with van der Waals surface area (Å²) in [4.78, 5) is 0. The second-order valence-corrected chi connectivity index (χ2v) is 3.90. The van der Waals surface area contributed by atoms with Gasteiger partial charge in [-0.3, -0.25) is 0 Å². The summed E-state index contributed by atoms with van der Waals surface area (Å²) in [5.74, 6) is -25.0. The third-order valence-corrected chi connectivity index (χ3v) is 2.39. The largest absolute Gasteiger partial charge is 1.00 e. The molecule has 0 bridgehead atoms. The molecule has 0 aliphatic rings. The number of hydrogen-bond acceptors (Lipinski definition) is 1. The standard InChI is InChI=1S/C7F15O.K/c8-2(9,5(14,15)16)1(23,3(10,11)6(17,18)19)4(12,13)7(20,21)22;/q-1;+1. The van der Waals surface area contributed by atoms with E-state index in [0.717, 1.165) is 0 Å². The predicted molar refractivity (Wildman–Crippen MR) is 35.7 cm³/mol. The Morgan fingerprint density at radius 2 is 0.500 bits per heavy atom. The Kier molecular flexibility index (Phi) is 7.38. The van der Waals surface area contributed by atoms with Gasteiger partial charge in [0.2, 0.25) is 0 Å². The molecule has 0 atom stereocenters. The van der Waals surface area contributed by atoms with Crippen molar-refractivity contribution in [3.63, 3.8) is 0 Å². The molecular weight excluding hydrogens is 424 g/mol. The molecule has 0 aromatic rings. The van der Waals surface area contributed by atoms with Gasteiger partial charge in [-0.25, -0.2) is 0 Å². The average molecular weight is 424 g/mol. The first kappa shape index (κ1) is 26.8. The van der Waals surface area contributed by atoms with Crippen LogP contribution in [0.1, 0.15) is 0 Å². The first-order valence-corrected chi connectivity index (χ1v) is 4.54. The van der Waals surface area contributed by atoms with Crippen molar-refractivity contribution in [2.75, 3.05) is 0 Å². The molecule has 0 saturated heterocycles. The zero-order valence-electron chi connectivity index (χ0n) is 10.6. The Morgan fingerprint density at radius 1 is 0.375 bits per heavy atom. The van der Waals surface area contributed by atoms with Crippen molar-refractivity contribution in [3.05, 3.63) is 0 Å². The Bertz CT molecular complexity index is 378. The Labute approximate surface area is 163 Å². The van der Waals surface area contributed by atoms with Gasteiger partial charge in [0.1, 0.15) is 5.60 Å². The minimum Gasteiger partial charge on any atom is -0.836 e. The number of hydrogen-bond donors (Lipinski definition) is 0. The van der Waals surface area contributed by atoms with Gasteiger partial charge in [-0.2, -0.15) is 65.9 Å². The van der Waals surface area contributed by atoms with E-state index in [9.17, 15) is 71.0 Å². The zero-order valence-corrected chi connectivity index (χ0v) is 13.7. The maximum Gasteiger partial charge on any atom is 1.00 e. The van der Waals surface area contributed by atoms with Crippen molar-refractivity contribution in [1.82, 2.24) is 0 Å². The van der Waals surface area contributed by atoms with Crippen LogP contribution in [0.2, 0.25) is 0 Å². The van der Waals surface area contributed by atoms with Crippen LogP contribution in [0.3, 0.4) is 0 Å². The van der Waals surface area contributed by atoms with Gasteiger partial charge in [-0.1, -0.05) is 0 Å². The van der Waals surface area contributed by atoms with Crippen LogP contribution in [0.15, 0.2) is 0 Å². The van der Waals surface area contributed by atoms with E-state index in [1.54, 1.807) is 0 Å². The Morgan fingerprint density at radius 3 is 0.583 bits per heavy atom. The summed E-state index contributed by atoms with van der Waals surface area (Å²) >= 11 is 0. The maximum absolute atomic E-state index is 12.6. The number of alkyl halides is 15. The van der Waals surface area contributed by atoms with Crippen molar-refractivity contribution in [2.24, 2.45) is 0 Å². The van der Waals surface area contributed by atoms with Crippen LogP contribution in [0.25, 0.3) is 0 Å². The average Bonchev–Trinajstić information content (AvgIpc) is 2.22. The van der Waals surface area contributed by atoms with Crippen LogP contribution in [0.5, 0.6) is 0 Å². The zero-order chi connectivity index (χ0) is 19.5. The molecular formula is C7F15KO. The Hall–Kier alpha value is 0.546. The van der Waals surface area contributed by atoms with Crippen molar-refractivity contribution in [1.29, 1.82) is 0 Å². The van der Waals surface area contributed by atoms with Crippen molar-refractivity contribution < 1.29 is 122 Å². The van der Waals surface area contributed by atoms with E-state index in [4.69, 9.17) is 0 Å². The van der Waals surface area contributed by atoms with Gasteiger partial charge in [0.25, 0.3) is 0 Å². The van der Waals surface area contributed by atoms with Gasteiger partial charge in [-0.05, 0) is 0 Å². The maximum atomic E-state index is 12.6. The molecule has 140 valence electrons. The monoisotopic (exact) mass is 424 g/mol. The summed E-state index contributed by atoms with van der Waals surface area (Å²) in [6.07, 6.45) is -23.6. The quantitative estimate of drug-likeness (QED) is 0.483. The molecule has 0 unspecified atom stereocenters. The van der Waals surface area contributed by atoms with Gasteiger partial charge < -0.3 is 5.11 Å². The molecule has 1 nitrogen and oxygen atoms in total. The summed E-state index contributed by atoms with van der Waals surface area (Å²) in [6, 6.07) is 0. The fraction of sp³-hybridized carbons (Fsp3) is 1.00. The molecule has 24 heavy (non-hydrogen) atoms. The molecule has 0 amide bonds. The smallest absolute Gasteiger partial charge is 0.836 e. The summed E-state index contributed by atoms with van der Waals surface area (Å²) in [7, 11) is 0. The minimum atomic E-state index is -8.48. The summed E-state index contributed by atoms with van der Waals surface area (Å²) < 4.78 is 182. The molecule has 0 rings (SSSR count). The van der Waals surface area contributed by atoms with Crippen LogP contribution in [-0.2, 0) is 0 Å². The van der Waals surface area contributed by atoms with E-state index in [1.165, 1.54) is 0 Å². The first-order valence-electron chi connectivity index (χ1n) is 4.54. The van der Waals surface area contributed by atoms with Gasteiger partial charge in [0.15, 0.2) is 0 Å². The van der Waals surface area contributed by atoms with E-state index < -0.39 is 41.9 Å².